The van der Waals surface area contributed by atoms with Gasteiger partial charge in [-0.2, -0.15) is 45.3 Å². The molecule has 0 saturated carbocycles. The third-order valence-electron chi connectivity index (χ3n) is 25.3. The fourth-order valence-corrected chi connectivity index (χ4v) is 23.4. The summed E-state index contributed by atoms with van der Waals surface area (Å²) in [7, 11) is 0. The zero-order chi connectivity index (χ0) is 101. The van der Waals surface area contributed by atoms with Crippen LogP contribution >= 0.6 is 45.3 Å². The van der Waals surface area contributed by atoms with E-state index in [9.17, 15) is 24.3 Å². The number of aryl methyl sites for hydroxylation is 2. The number of allylic oxidation sites excluding steroid dienone is 8. The summed E-state index contributed by atoms with van der Waals surface area (Å²) in [5.41, 5.74) is 17.6. The van der Waals surface area contributed by atoms with E-state index in [4.69, 9.17) is 20.3 Å². The molecule has 26 rings (SSSR count). The average Bonchev–Trinajstić information content (AvgIpc) is 1.52. The molecule has 0 bridgehead atoms. The second-order valence-corrected chi connectivity index (χ2v) is 43.4. The first-order chi connectivity index (χ1) is 69.0. The number of aliphatic hydroxyl groups excluding tert-OH is 4. The third kappa shape index (κ3) is 21.2. The van der Waals surface area contributed by atoms with Gasteiger partial charge in [-0.25, -0.2) is 0 Å². The predicted octanol–water partition coefficient (Wildman–Crippen LogP) is 33.5. The molecule has 16 nitrogen and oxygen atoms in total. The van der Waals surface area contributed by atoms with Crippen LogP contribution in [0.25, 0.3) is 213 Å². The first kappa shape index (κ1) is 109. The van der Waals surface area contributed by atoms with Gasteiger partial charge in [0.05, 0.1) is 17.3 Å². The number of hydrogen-bond donors (Lipinski definition) is 4. The number of aliphatic hydroxyl groups is 4. The molecule has 26 aromatic rings. The first-order valence-corrected chi connectivity index (χ1v) is 50.8. The Labute approximate surface area is 926 Å². The Kier molecular flexibility index (Phi) is 32.6. The number of ketones is 4. The normalized spacial score (nSPS) is 12.1. The Morgan fingerprint density at radius 2 is 0.669 bits per heavy atom. The van der Waals surface area contributed by atoms with Crippen LogP contribution in [0.2, 0.25) is 0 Å². The minimum absolute atomic E-state index is 0. The monoisotopic (exact) mass is 2730 g/mol. The van der Waals surface area contributed by atoms with Gasteiger partial charge in [-0.05, 0) is 178 Å². The van der Waals surface area contributed by atoms with Crippen molar-refractivity contribution in [3.63, 3.8) is 0 Å². The smallest absolute Gasteiger partial charge is 0.164 e. The van der Waals surface area contributed by atoms with Crippen LogP contribution in [0.3, 0.4) is 0 Å². The van der Waals surface area contributed by atoms with Crippen LogP contribution in [0.5, 0.6) is 0 Å². The van der Waals surface area contributed by atoms with E-state index in [2.05, 4.69) is 304 Å². The fraction of sp³-hybridized carbons (Fsp3) is 0.161. The van der Waals surface area contributed by atoms with Gasteiger partial charge in [0.2, 0.25) is 0 Å². The van der Waals surface area contributed by atoms with Crippen LogP contribution in [0.15, 0.2) is 321 Å². The number of carbonyl (C=O) groups excluding carboxylic acids is 4. The number of carbonyl (C=O) groups is 4. The Bertz CT molecular complexity index is 9490. The van der Waals surface area contributed by atoms with Gasteiger partial charge in [0.25, 0.3) is 0 Å². The molecule has 0 atom stereocenters. The van der Waals surface area contributed by atoms with Crippen molar-refractivity contribution in [2.75, 3.05) is 0 Å². The minimum atomic E-state index is -0.417. The van der Waals surface area contributed by atoms with Crippen molar-refractivity contribution in [2.24, 2.45) is 10.8 Å². The number of aromatic nitrogens is 8. The zero-order valence-corrected chi connectivity index (χ0v) is 97.1. The summed E-state index contributed by atoms with van der Waals surface area (Å²) in [6, 6.07) is 103. The van der Waals surface area contributed by atoms with E-state index in [1.165, 1.54) is 254 Å². The molecule has 0 fully saturated rings. The van der Waals surface area contributed by atoms with E-state index >= 15 is 0 Å². The summed E-state index contributed by atoms with van der Waals surface area (Å²) >= 11 is 7.12. The maximum atomic E-state index is 11.5. The molecule has 148 heavy (non-hydrogen) atoms. The molecule has 16 aromatic heterocycles. The van der Waals surface area contributed by atoms with Crippen LogP contribution in [-0.2, 0) is 105 Å². The maximum absolute atomic E-state index is 11.5. The summed E-state index contributed by atoms with van der Waals surface area (Å²) in [6.07, 6.45) is 12.3. The molecule has 4 N–H and O–H groups in total. The molecule has 0 spiro atoms. The van der Waals surface area contributed by atoms with Crippen molar-refractivity contribution in [1.82, 2.24) is 37.5 Å². The second-order valence-electron chi connectivity index (χ2n) is 39.4. The maximum Gasteiger partial charge on any atom is 0.164 e. The Morgan fingerprint density at radius 3 is 1.11 bits per heavy atom. The molecule has 0 saturated heterocycles. The standard InChI is InChI=1S/C29H21N2S.C25H13N2S.2C22H13N2S.C11H20O2.3C5H8O2.4Ir/c1-29(2,3)18-11-12-19-17(15-18)13-14-30-26(19)25-16-23-22-9-6-8-21-20-7-4-5-10-24(20)31(27(21)22)28(23)32-25;1-2-8-16-15(7-1)13-18-17-9-3-4-11-21(17)27-24(18)23(16)19-14-22(28-25(19)27)20-10-5-6-12-26-20;1-13-9-10-15-14-6-2-3-8-18(14)24-21(15)20(13)16-12-19(25-22(16)24)17-7-4-5-11-23-17;1-13-10-15-14-6-2-3-8-19(14)24-21(15)16(11-13)17-12-20(25-22(17)24)18-7-4-5-9-23-18;1-10(2,3)8(12)7-9(13)11(4,5)6;3*1-4(6)3-5(2)7;;;;/h4-15H,1-3H3;1-13H;2*2-11H,1H3;7,12H,1-6H3;3*3,6H,1-2H3;;;;/q4*-1;;;;;;;;. The zero-order valence-electron chi connectivity index (χ0n) is 84.3. The molecule has 4 radical (unpaired) electrons. The quantitative estimate of drug-likeness (QED) is 0.0634. The molecule has 0 unspecified atom stereocenters. The largest absolute Gasteiger partial charge is 0.512 e. The van der Waals surface area contributed by atoms with Gasteiger partial charge >= 0.3 is 0 Å². The molecule has 0 aliphatic heterocycles. The number of hydrogen-bond acceptors (Lipinski definition) is 16. The number of para-hydroxylation sites is 5. The predicted molar refractivity (Wildman–Crippen MR) is 603 cm³/mol. The summed E-state index contributed by atoms with van der Waals surface area (Å²) in [4.78, 5) is 69.3. The Morgan fingerprint density at radius 1 is 0.311 bits per heavy atom. The first-order valence-electron chi connectivity index (χ1n) is 47.5. The van der Waals surface area contributed by atoms with Crippen LogP contribution in [0.1, 0.15) is 121 Å². The molecule has 0 aliphatic carbocycles. The Hall–Kier alpha value is -13.2. The molecule has 10 aromatic carbocycles. The topological polar surface area (TPSA) is 218 Å². The van der Waals surface area contributed by atoms with Crippen molar-refractivity contribution >= 4 is 240 Å². The Balaban J connectivity index is 0.000000133. The van der Waals surface area contributed by atoms with Gasteiger partial charge in [0.15, 0.2) is 23.1 Å². The van der Waals surface area contributed by atoms with Crippen molar-refractivity contribution in [2.45, 2.75) is 123 Å². The van der Waals surface area contributed by atoms with Crippen LogP contribution in [-0.4, -0.2) is 81.1 Å². The average molecular weight is 2730 g/mol. The van der Waals surface area contributed by atoms with Crippen molar-refractivity contribution in [1.29, 1.82) is 0 Å². The molecule has 0 aliphatic rings. The number of rotatable bonds is 8. The van der Waals surface area contributed by atoms with E-state index < -0.39 is 5.41 Å². The van der Waals surface area contributed by atoms with Crippen molar-refractivity contribution in [3.8, 4) is 42.3 Å². The number of nitrogens with zero attached hydrogens (tertiary/aromatic N) is 8. The minimum Gasteiger partial charge on any atom is -0.512 e. The van der Waals surface area contributed by atoms with Crippen LogP contribution < -0.4 is 0 Å². The van der Waals surface area contributed by atoms with Crippen LogP contribution in [0.4, 0.5) is 0 Å². The van der Waals surface area contributed by atoms with Gasteiger partial charge in [0, 0.05) is 248 Å². The van der Waals surface area contributed by atoms with Crippen molar-refractivity contribution in [3.05, 3.63) is 362 Å². The molecular weight excluding hydrogens is 2630 g/mol. The summed E-state index contributed by atoms with van der Waals surface area (Å²) in [6.45, 7) is 30.8. The van der Waals surface area contributed by atoms with Crippen molar-refractivity contribution < 1.29 is 120 Å². The third-order valence-corrected chi connectivity index (χ3v) is 29.7. The molecule has 0 amide bonds. The van der Waals surface area contributed by atoms with Gasteiger partial charge < -0.3 is 58.0 Å². The van der Waals surface area contributed by atoms with Gasteiger partial charge in [-0.15, -0.1) is 45.8 Å². The molecular formula is C124H104Ir4N8O8S4-4. The number of fused-ring (bicyclic) bond motifs is 27. The van der Waals surface area contributed by atoms with Gasteiger partial charge in [0.1, 0.15) is 5.76 Å². The molecule has 24 heteroatoms. The van der Waals surface area contributed by atoms with Gasteiger partial charge in [-0.1, -0.05) is 294 Å². The number of thiophene rings is 4. The number of benzene rings is 10. The number of pyridine rings is 4. The van der Waals surface area contributed by atoms with Gasteiger partial charge in [-0.3, -0.25) is 19.2 Å². The second kappa shape index (κ2) is 44.3. The van der Waals surface area contributed by atoms with E-state index in [0.29, 0.717) is 0 Å². The van der Waals surface area contributed by atoms with E-state index in [-0.39, 0.29) is 137 Å². The van der Waals surface area contributed by atoms with Crippen LogP contribution in [0, 0.1) is 48.9 Å². The summed E-state index contributed by atoms with van der Waals surface area (Å²) in [5.74, 6) is -0.0835. The summed E-state index contributed by atoms with van der Waals surface area (Å²) < 4.78 is 9.66. The molecule has 16 heterocycles. The molecule has 752 valence electrons. The fourth-order valence-electron chi connectivity index (χ4n) is 18.9. The van der Waals surface area contributed by atoms with E-state index in [0.717, 1.165) is 42.3 Å². The van der Waals surface area contributed by atoms with E-state index in [1.807, 2.05) is 103 Å². The summed E-state index contributed by atoms with van der Waals surface area (Å²) in [5, 5.41) is 60.2. The SMILES string of the molecule is CC(=O)C=C(C)O.CC(=O)C=C(C)O.CC(=O)C=C(C)O.CC(C)(C)C(=O)C=C(O)C(C)(C)C.CC(C)(C)c1ccc2c(-c3[c-]c4c5cccc6c7ccccc7n(c4s3)c56)nccc2c1.Cc1cc2c3[c-]c(-c4ccccn4)sc3n3c4ccccc4c(c1)c23.Cc1ccc2c3ccccc3n3c4sc(-c5ccccn5)[c-]c4c1c23.[Ir].[Ir].[Ir].[Ir].[c-]1c(-c2ccccn2)sc2c1c1c3ccccc3cc3c4ccccc4n2c31. The van der Waals surface area contributed by atoms with E-state index in [1.54, 1.807) is 45.3 Å².